The number of hydrogen-bond donors (Lipinski definition) is 1. The lowest BCUT2D eigenvalue weighted by atomic mass is 10.2. The molecule has 0 saturated carbocycles. The highest BCUT2D eigenvalue weighted by molar-refractivity contribution is 7.95. The van der Waals surface area contributed by atoms with Crippen LogP contribution in [0.4, 0.5) is 5.13 Å². The molecule has 1 aromatic heterocycles. The summed E-state index contributed by atoms with van der Waals surface area (Å²) in [5, 5.41) is 1.17. The molecule has 0 atom stereocenters. The highest BCUT2D eigenvalue weighted by Gasteiger charge is 2.17. The summed E-state index contributed by atoms with van der Waals surface area (Å²) in [5.74, 6) is -0.541. The van der Waals surface area contributed by atoms with Gasteiger partial charge in [-0.2, -0.15) is 0 Å². The van der Waals surface area contributed by atoms with Gasteiger partial charge >= 0.3 is 5.97 Å². The summed E-state index contributed by atoms with van der Waals surface area (Å²) in [4.78, 5) is 15.8. The van der Waals surface area contributed by atoms with Gasteiger partial charge in [-0.15, -0.1) is 0 Å². The molecular formula is C14H14N2O4S2. The SMILES string of the molecule is COC(=O)c1sc(NS(=O)(=O)/C=C\c2ccccc2)nc1C. The quantitative estimate of drug-likeness (QED) is 0.847. The number of rotatable bonds is 5. The van der Waals surface area contributed by atoms with Crippen LogP contribution in [0.15, 0.2) is 35.7 Å². The Balaban J connectivity index is 2.16. The number of benzene rings is 1. The zero-order valence-corrected chi connectivity index (χ0v) is 13.6. The molecular weight excluding hydrogens is 324 g/mol. The zero-order chi connectivity index (χ0) is 16.2. The molecule has 6 nitrogen and oxygen atoms in total. The number of aryl methyl sites for hydroxylation is 1. The Hall–Kier alpha value is -2.19. The van der Waals surface area contributed by atoms with Crippen LogP contribution in [-0.2, 0) is 14.8 Å². The Morgan fingerprint density at radius 3 is 2.64 bits per heavy atom. The number of methoxy groups -OCH3 is 1. The Bertz CT molecular complexity index is 796. The lowest BCUT2D eigenvalue weighted by Gasteiger charge is -1.99. The molecule has 2 rings (SSSR count). The predicted octanol–water partition coefficient (Wildman–Crippen LogP) is 2.65. The number of thiazole rings is 1. The second-order valence-electron chi connectivity index (χ2n) is 4.29. The third-order valence-electron chi connectivity index (χ3n) is 2.64. The van der Waals surface area contributed by atoms with E-state index in [1.54, 1.807) is 19.1 Å². The smallest absolute Gasteiger partial charge is 0.350 e. The number of carbonyl (C=O) groups excluding carboxylic acids is 1. The van der Waals surface area contributed by atoms with Gasteiger partial charge < -0.3 is 4.74 Å². The molecule has 1 heterocycles. The molecule has 116 valence electrons. The summed E-state index contributed by atoms with van der Waals surface area (Å²) in [6.45, 7) is 1.61. The molecule has 1 N–H and O–H groups in total. The second kappa shape index (κ2) is 6.71. The molecule has 0 aliphatic rings. The molecule has 8 heteroatoms. The van der Waals surface area contributed by atoms with Crippen molar-refractivity contribution < 1.29 is 17.9 Å². The second-order valence-corrected chi connectivity index (χ2v) is 6.85. The number of ether oxygens (including phenoxy) is 1. The lowest BCUT2D eigenvalue weighted by molar-refractivity contribution is 0.0605. The maximum Gasteiger partial charge on any atom is 0.350 e. The summed E-state index contributed by atoms with van der Waals surface area (Å²) in [7, 11) is -2.45. The van der Waals surface area contributed by atoms with E-state index in [4.69, 9.17) is 0 Å². The summed E-state index contributed by atoms with van der Waals surface area (Å²) >= 11 is 0.931. The van der Waals surface area contributed by atoms with Crippen LogP contribution < -0.4 is 4.72 Å². The fourth-order valence-corrected chi connectivity index (χ4v) is 3.55. The maximum absolute atomic E-state index is 12.0. The minimum Gasteiger partial charge on any atom is -0.465 e. The molecule has 0 aliphatic heterocycles. The topological polar surface area (TPSA) is 85.4 Å². The van der Waals surface area contributed by atoms with Gasteiger partial charge in [0.15, 0.2) is 5.13 Å². The Morgan fingerprint density at radius 1 is 1.32 bits per heavy atom. The first-order valence-electron chi connectivity index (χ1n) is 6.23. The van der Waals surface area contributed by atoms with Crippen LogP contribution in [0.5, 0.6) is 0 Å². The lowest BCUT2D eigenvalue weighted by Crippen LogP contribution is -2.08. The molecule has 1 aromatic carbocycles. The fraction of sp³-hybridized carbons (Fsp3) is 0.143. The molecule has 0 spiro atoms. The molecule has 0 radical (unpaired) electrons. The third kappa shape index (κ3) is 4.15. The van der Waals surface area contributed by atoms with Crippen LogP contribution >= 0.6 is 11.3 Å². The molecule has 0 aliphatic carbocycles. The van der Waals surface area contributed by atoms with Gasteiger partial charge in [-0.1, -0.05) is 41.7 Å². The van der Waals surface area contributed by atoms with Crippen molar-refractivity contribution in [2.45, 2.75) is 6.92 Å². The summed E-state index contributed by atoms with van der Waals surface area (Å²) in [6, 6.07) is 9.04. The first-order valence-corrected chi connectivity index (χ1v) is 8.59. The molecule has 2 aromatic rings. The van der Waals surface area contributed by atoms with Crippen LogP contribution in [0, 0.1) is 6.92 Å². The first-order chi connectivity index (χ1) is 10.4. The number of esters is 1. The maximum atomic E-state index is 12.0. The Labute approximate surface area is 132 Å². The monoisotopic (exact) mass is 338 g/mol. The zero-order valence-electron chi connectivity index (χ0n) is 11.9. The standard InChI is InChI=1S/C14H14N2O4S2/c1-10-12(13(17)20-2)21-14(15-10)16-22(18,19)9-8-11-6-4-3-5-7-11/h3-9H,1-2H3,(H,15,16)/b9-8-. The van der Waals surface area contributed by atoms with Crippen molar-refractivity contribution >= 4 is 38.5 Å². The largest absolute Gasteiger partial charge is 0.465 e. The fourth-order valence-electron chi connectivity index (χ4n) is 1.61. The van der Waals surface area contributed by atoms with Crippen molar-refractivity contribution in [3.05, 3.63) is 51.9 Å². The molecule has 0 bridgehead atoms. The minimum atomic E-state index is -3.70. The summed E-state index contributed by atoms with van der Waals surface area (Å²) in [5.41, 5.74) is 1.18. The van der Waals surface area contributed by atoms with E-state index in [0.29, 0.717) is 5.69 Å². The van der Waals surface area contributed by atoms with Crippen molar-refractivity contribution in [1.29, 1.82) is 0 Å². The van der Waals surface area contributed by atoms with E-state index in [2.05, 4.69) is 14.4 Å². The van der Waals surface area contributed by atoms with Crippen molar-refractivity contribution in [2.75, 3.05) is 11.8 Å². The van der Waals surface area contributed by atoms with Gasteiger partial charge in [-0.05, 0) is 18.6 Å². The van der Waals surface area contributed by atoms with E-state index >= 15 is 0 Å². The highest BCUT2D eigenvalue weighted by atomic mass is 32.2. The number of sulfonamides is 1. The number of anilines is 1. The van der Waals surface area contributed by atoms with Crippen LogP contribution in [0.1, 0.15) is 20.9 Å². The van der Waals surface area contributed by atoms with E-state index < -0.39 is 16.0 Å². The van der Waals surface area contributed by atoms with E-state index in [9.17, 15) is 13.2 Å². The molecule has 0 unspecified atom stereocenters. The van der Waals surface area contributed by atoms with Crippen molar-refractivity contribution in [1.82, 2.24) is 4.98 Å². The van der Waals surface area contributed by atoms with Crippen LogP contribution in [0.25, 0.3) is 6.08 Å². The number of hydrogen-bond acceptors (Lipinski definition) is 6. The summed E-state index contributed by atoms with van der Waals surface area (Å²) in [6.07, 6.45) is 1.48. The van der Waals surface area contributed by atoms with Gasteiger partial charge in [0.2, 0.25) is 0 Å². The van der Waals surface area contributed by atoms with Crippen LogP contribution in [0.2, 0.25) is 0 Å². The van der Waals surface area contributed by atoms with Crippen molar-refractivity contribution in [2.24, 2.45) is 0 Å². The molecule has 0 saturated heterocycles. The highest BCUT2D eigenvalue weighted by Crippen LogP contribution is 2.24. The number of nitrogens with zero attached hydrogens (tertiary/aromatic N) is 1. The molecule has 0 fully saturated rings. The van der Waals surface area contributed by atoms with Gasteiger partial charge in [0, 0.05) is 0 Å². The van der Waals surface area contributed by atoms with E-state index in [1.165, 1.54) is 13.2 Å². The van der Waals surface area contributed by atoms with Crippen LogP contribution in [-0.4, -0.2) is 26.5 Å². The van der Waals surface area contributed by atoms with E-state index in [1.807, 2.05) is 18.2 Å². The van der Waals surface area contributed by atoms with Gasteiger partial charge in [-0.25, -0.2) is 18.2 Å². The summed E-state index contributed by atoms with van der Waals surface area (Å²) < 4.78 is 30.9. The van der Waals surface area contributed by atoms with Gasteiger partial charge in [-0.3, -0.25) is 4.72 Å². The Kier molecular flexibility index (Phi) is 4.94. The number of carbonyl (C=O) groups is 1. The average Bonchev–Trinajstić information content (AvgIpc) is 2.85. The predicted molar refractivity (Wildman–Crippen MR) is 86.2 cm³/mol. The Morgan fingerprint density at radius 2 is 2.00 bits per heavy atom. The number of nitrogens with one attached hydrogen (secondary N) is 1. The van der Waals surface area contributed by atoms with Crippen molar-refractivity contribution in [3.8, 4) is 0 Å². The van der Waals surface area contributed by atoms with Gasteiger partial charge in [0.25, 0.3) is 10.0 Å². The van der Waals surface area contributed by atoms with Gasteiger partial charge in [0.05, 0.1) is 18.2 Å². The third-order valence-corrected chi connectivity index (χ3v) is 4.79. The van der Waals surface area contributed by atoms with Gasteiger partial charge in [0.1, 0.15) is 4.88 Å². The van der Waals surface area contributed by atoms with Crippen molar-refractivity contribution in [3.63, 3.8) is 0 Å². The first kappa shape index (κ1) is 16.2. The van der Waals surface area contributed by atoms with E-state index in [0.717, 1.165) is 22.3 Å². The normalized spacial score (nSPS) is 11.5. The van der Waals surface area contributed by atoms with E-state index in [-0.39, 0.29) is 10.0 Å². The average molecular weight is 338 g/mol. The minimum absolute atomic E-state index is 0.121. The molecule has 22 heavy (non-hydrogen) atoms. The van der Waals surface area contributed by atoms with Crippen LogP contribution in [0.3, 0.4) is 0 Å². The number of aromatic nitrogens is 1. The molecule has 0 amide bonds.